The number of piperidine rings is 1. The molecule has 0 aromatic heterocycles. The maximum absolute atomic E-state index is 12.0. The van der Waals surface area contributed by atoms with Gasteiger partial charge >= 0.3 is 5.97 Å². The Hall–Kier alpha value is -2.37. The first kappa shape index (κ1) is 15.0. The van der Waals surface area contributed by atoms with Crippen LogP contribution in [0.25, 0.3) is 0 Å². The number of carboxylic acid groups (broad SMARTS) is 1. The van der Waals surface area contributed by atoms with Gasteiger partial charge in [-0.3, -0.25) is 14.4 Å². The number of aldehydes is 1. The van der Waals surface area contributed by atoms with Crippen molar-refractivity contribution < 1.29 is 24.2 Å². The lowest BCUT2D eigenvalue weighted by Gasteiger charge is -2.30. The summed E-state index contributed by atoms with van der Waals surface area (Å²) in [7, 11) is 0. The number of ether oxygens (including phenoxy) is 1. The molecule has 6 heteroatoms. The average molecular weight is 291 g/mol. The maximum Gasteiger partial charge on any atom is 0.306 e. The Morgan fingerprint density at radius 3 is 2.67 bits per heavy atom. The summed E-state index contributed by atoms with van der Waals surface area (Å²) >= 11 is 0. The van der Waals surface area contributed by atoms with Gasteiger partial charge in [-0.05, 0) is 25.0 Å². The zero-order valence-electron chi connectivity index (χ0n) is 11.5. The molecule has 0 bridgehead atoms. The molecule has 1 fully saturated rings. The molecule has 112 valence electrons. The lowest BCUT2D eigenvalue weighted by Crippen LogP contribution is -2.42. The quantitative estimate of drug-likeness (QED) is 0.824. The van der Waals surface area contributed by atoms with Gasteiger partial charge in [0.1, 0.15) is 12.0 Å². The standard InChI is InChI=1S/C15H17NO5/c17-9-11-2-1-3-13(8-11)21-10-14(18)16-6-4-12(5-7-16)15(19)20/h1-3,8-9,12H,4-7,10H2,(H,19,20). The highest BCUT2D eigenvalue weighted by molar-refractivity contribution is 5.79. The number of hydrogen-bond acceptors (Lipinski definition) is 4. The molecule has 1 N–H and O–H groups in total. The Balaban J connectivity index is 1.82. The molecule has 1 heterocycles. The summed E-state index contributed by atoms with van der Waals surface area (Å²) in [6, 6.07) is 6.58. The van der Waals surface area contributed by atoms with Crippen LogP contribution in [0.15, 0.2) is 24.3 Å². The third kappa shape index (κ3) is 4.05. The monoisotopic (exact) mass is 291 g/mol. The molecule has 1 aromatic rings. The van der Waals surface area contributed by atoms with E-state index in [-0.39, 0.29) is 18.4 Å². The van der Waals surface area contributed by atoms with E-state index in [0.29, 0.717) is 43.5 Å². The van der Waals surface area contributed by atoms with E-state index in [0.717, 1.165) is 0 Å². The van der Waals surface area contributed by atoms with Gasteiger partial charge < -0.3 is 14.7 Å². The normalized spacial score (nSPS) is 15.5. The van der Waals surface area contributed by atoms with Gasteiger partial charge in [-0.25, -0.2) is 0 Å². The van der Waals surface area contributed by atoms with Gasteiger partial charge in [0.05, 0.1) is 5.92 Å². The molecule has 0 unspecified atom stereocenters. The average Bonchev–Trinajstić information content (AvgIpc) is 2.53. The molecular formula is C15H17NO5. The number of amides is 1. The fourth-order valence-corrected chi connectivity index (χ4v) is 2.29. The Morgan fingerprint density at radius 2 is 2.05 bits per heavy atom. The number of hydrogen-bond donors (Lipinski definition) is 1. The fourth-order valence-electron chi connectivity index (χ4n) is 2.29. The summed E-state index contributed by atoms with van der Waals surface area (Å²) in [5.74, 6) is -0.869. The zero-order valence-corrected chi connectivity index (χ0v) is 11.5. The van der Waals surface area contributed by atoms with E-state index < -0.39 is 5.97 Å². The van der Waals surface area contributed by atoms with Crippen LogP contribution in [0.3, 0.4) is 0 Å². The van der Waals surface area contributed by atoms with E-state index in [4.69, 9.17) is 9.84 Å². The fraction of sp³-hybridized carbons (Fsp3) is 0.400. The molecule has 1 aliphatic heterocycles. The van der Waals surface area contributed by atoms with Gasteiger partial charge in [-0.2, -0.15) is 0 Å². The second-order valence-corrected chi connectivity index (χ2v) is 4.97. The van der Waals surface area contributed by atoms with Crippen molar-refractivity contribution >= 4 is 18.2 Å². The molecule has 2 rings (SSSR count). The molecule has 0 saturated carbocycles. The molecular weight excluding hydrogens is 274 g/mol. The number of likely N-dealkylation sites (tertiary alicyclic amines) is 1. The van der Waals surface area contributed by atoms with Crippen LogP contribution in [0, 0.1) is 5.92 Å². The highest BCUT2D eigenvalue weighted by atomic mass is 16.5. The number of aliphatic carboxylic acids is 1. The van der Waals surface area contributed by atoms with Gasteiger partial charge in [-0.15, -0.1) is 0 Å². The smallest absolute Gasteiger partial charge is 0.306 e. The highest BCUT2D eigenvalue weighted by Gasteiger charge is 2.26. The molecule has 1 amide bonds. The van der Waals surface area contributed by atoms with Gasteiger partial charge in [-0.1, -0.05) is 12.1 Å². The summed E-state index contributed by atoms with van der Waals surface area (Å²) in [4.78, 5) is 35.1. The molecule has 1 aliphatic rings. The zero-order chi connectivity index (χ0) is 15.2. The third-order valence-corrected chi connectivity index (χ3v) is 3.55. The van der Waals surface area contributed by atoms with E-state index in [9.17, 15) is 14.4 Å². The van der Waals surface area contributed by atoms with E-state index in [1.807, 2.05) is 0 Å². The second-order valence-electron chi connectivity index (χ2n) is 4.97. The molecule has 1 aromatic carbocycles. The van der Waals surface area contributed by atoms with E-state index >= 15 is 0 Å². The van der Waals surface area contributed by atoms with Crippen molar-refractivity contribution in [2.75, 3.05) is 19.7 Å². The van der Waals surface area contributed by atoms with Gasteiger partial charge in [0.25, 0.3) is 5.91 Å². The summed E-state index contributed by atoms with van der Waals surface area (Å²) in [5.41, 5.74) is 0.488. The molecule has 21 heavy (non-hydrogen) atoms. The second kappa shape index (κ2) is 6.88. The third-order valence-electron chi connectivity index (χ3n) is 3.55. The van der Waals surface area contributed by atoms with E-state index in [2.05, 4.69) is 0 Å². The summed E-state index contributed by atoms with van der Waals surface area (Å²) in [6.07, 6.45) is 1.66. The van der Waals surface area contributed by atoms with Crippen molar-refractivity contribution in [3.05, 3.63) is 29.8 Å². The van der Waals surface area contributed by atoms with Crippen molar-refractivity contribution in [3.63, 3.8) is 0 Å². The number of carbonyl (C=O) groups excluding carboxylic acids is 2. The van der Waals surface area contributed by atoms with Gasteiger partial charge in [0.15, 0.2) is 6.61 Å². The minimum absolute atomic E-state index is 0.111. The van der Waals surface area contributed by atoms with Crippen LogP contribution in [0.4, 0.5) is 0 Å². The van der Waals surface area contributed by atoms with Crippen molar-refractivity contribution in [2.24, 2.45) is 5.92 Å². The number of rotatable bonds is 5. The first-order valence-corrected chi connectivity index (χ1v) is 6.79. The Bertz CT molecular complexity index is 535. The van der Waals surface area contributed by atoms with E-state index in [1.165, 1.54) is 0 Å². The Morgan fingerprint density at radius 1 is 1.33 bits per heavy atom. The first-order valence-electron chi connectivity index (χ1n) is 6.79. The van der Waals surface area contributed by atoms with Gasteiger partial charge in [0.2, 0.25) is 0 Å². The lowest BCUT2D eigenvalue weighted by atomic mass is 9.97. The largest absolute Gasteiger partial charge is 0.484 e. The number of benzene rings is 1. The molecule has 6 nitrogen and oxygen atoms in total. The van der Waals surface area contributed by atoms with Gasteiger partial charge in [0, 0.05) is 18.7 Å². The number of carboxylic acids is 1. The van der Waals surface area contributed by atoms with Crippen LogP contribution >= 0.6 is 0 Å². The Labute approximate surface area is 122 Å². The first-order chi connectivity index (χ1) is 10.1. The van der Waals surface area contributed by atoms with Crippen LogP contribution in [-0.2, 0) is 9.59 Å². The van der Waals surface area contributed by atoms with Crippen molar-refractivity contribution in [3.8, 4) is 5.75 Å². The lowest BCUT2D eigenvalue weighted by molar-refractivity contribution is -0.146. The van der Waals surface area contributed by atoms with Crippen molar-refractivity contribution in [1.29, 1.82) is 0 Å². The molecule has 0 atom stereocenters. The predicted molar refractivity (Wildman–Crippen MR) is 74.3 cm³/mol. The van der Waals surface area contributed by atoms with Crippen LogP contribution in [0.5, 0.6) is 5.75 Å². The summed E-state index contributed by atoms with van der Waals surface area (Å²) in [5, 5.41) is 8.91. The van der Waals surface area contributed by atoms with Crippen LogP contribution in [0.1, 0.15) is 23.2 Å². The van der Waals surface area contributed by atoms with Crippen molar-refractivity contribution in [2.45, 2.75) is 12.8 Å². The highest BCUT2D eigenvalue weighted by Crippen LogP contribution is 2.18. The van der Waals surface area contributed by atoms with E-state index in [1.54, 1.807) is 29.2 Å². The van der Waals surface area contributed by atoms with Crippen molar-refractivity contribution in [1.82, 2.24) is 4.90 Å². The Kier molecular flexibility index (Phi) is 4.92. The number of nitrogens with zero attached hydrogens (tertiary/aromatic N) is 1. The number of carbonyl (C=O) groups is 3. The molecule has 1 saturated heterocycles. The minimum atomic E-state index is -0.802. The molecule has 0 spiro atoms. The molecule has 0 aliphatic carbocycles. The predicted octanol–water partition coefficient (Wildman–Crippen LogP) is 1.20. The maximum atomic E-state index is 12.0. The van der Waals surface area contributed by atoms with Crippen LogP contribution < -0.4 is 4.74 Å². The SMILES string of the molecule is O=Cc1cccc(OCC(=O)N2CCC(C(=O)O)CC2)c1. The molecule has 0 radical (unpaired) electrons. The van der Waals surface area contributed by atoms with Crippen LogP contribution in [0.2, 0.25) is 0 Å². The topological polar surface area (TPSA) is 83.9 Å². The summed E-state index contributed by atoms with van der Waals surface area (Å²) < 4.78 is 5.37. The van der Waals surface area contributed by atoms with Crippen LogP contribution in [-0.4, -0.2) is 47.9 Å². The summed E-state index contributed by atoms with van der Waals surface area (Å²) in [6.45, 7) is 0.765. The minimum Gasteiger partial charge on any atom is -0.484 e.